The predicted molar refractivity (Wildman–Crippen MR) is 170 cm³/mol. The fraction of sp³-hybridized carbons (Fsp3) is 0.357. The van der Waals surface area contributed by atoms with Gasteiger partial charge in [0.15, 0.2) is 54.2 Å². The minimum absolute atomic E-state index is 0.0259. The zero-order valence-corrected chi connectivity index (χ0v) is 27.9. The maximum Gasteiger partial charge on any atom is 0.303 e. The molecule has 0 spiro atoms. The van der Waals surface area contributed by atoms with E-state index in [4.69, 9.17) is 24.1 Å². The van der Waals surface area contributed by atoms with Crippen molar-refractivity contribution >= 4 is 87.1 Å². The van der Waals surface area contributed by atoms with Gasteiger partial charge in [0.25, 0.3) is 5.91 Å². The fourth-order valence-corrected chi connectivity index (χ4v) is 6.20. The number of ketones is 1. The van der Waals surface area contributed by atoms with Crippen molar-refractivity contribution in [2.45, 2.75) is 25.7 Å². The summed E-state index contributed by atoms with van der Waals surface area (Å²) in [4.78, 5) is 56.6. The maximum absolute atomic E-state index is 15.5. The topological polar surface area (TPSA) is 154 Å². The SMILES string of the molecule is COc1cc2sc(C(=O)CCC(=O)O)nc2c(F)c1OCCCOc1c(OC)cc2sc(C(=O)N(C)CCC(=O)I)nc2c1F. The number of carboxylic acids is 1. The van der Waals surface area contributed by atoms with Crippen molar-refractivity contribution in [1.29, 1.82) is 0 Å². The van der Waals surface area contributed by atoms with Crippen LogP contribution in [0.3, 0.4) is 0 Å². The average Bonchev–Trinajstić information content (AvgIpc) is 3.64. The van der Waals surface area contributed by atoms with E-state index in [9.17, 15) is 19.2 Å². The number of aromatic nitrogens is 2. The highest BCUT2D eigenvalue weighted by Gasteiger charge is 2.25. The molecular weight excluding hydrogens is 751 g/mol. The summed E-state index contributed by atoms with van der Waals surface area (Å²) in [6.07, 6.45) is -0.282. The third-order valence-electron chi connectivity index (χ3n) is 6.29. The van der Waals surface area contributed by atoms with Crippen LogP contribution in [-0.2, 0) is 9.59 Å². The molecule has 0 atom stereocenters. The molecular formula is C28H26F2IN3O9S2. The molecule has 2 aromatic heterocycles. The molecule has 0 fully saturated rings. The number of Topliss-reactive ketones (excluding diaryl/α,β-unsaturated/α-hetero) is 1. The lowest BCUT2D eigenvalue weighted by molar-refractivity contribution is -0.137. The van der Waals surface area contributed by atoms with E-state index in [2.05, 4.69) is 9.97 Å². The Morgan fingerprint density at radius 1 is 0.867 bits per heavy atom. The van der Waals surface area contributed by atoms with Gasteiger partial charge >= 0.3 is 5.97 Å². The number of thiazole rings is 2. The Morgan fingerprint density at radius 2 is 1.38 bits per heavy atom. The molecule has 0 bridgehead atoms. The number of fused-ring (bicyclic) bond motifs is 2. The highest BCUT2D eigenvalue weighted by molar-refractivity contribution is 14.1. The van der Waals surface area contributed by atoms with E-state index < -0.39 is 29.3 Å². The molecule has 0 radical (unpaired) electrons. The molecule has 0 saturated carbocycles. The summed E-state index contributed by atoms with van der Waals surface area (Å²) in [5.74, 6) is -4.08. The summed E-state index contributed by atoms with van der Waals surface area (Å²) < 4.78 is 53.3. The van der Waals surface area contributed by atoms with Crippen LogP contribution in [0.4, 0.5) is 8.78 Å². The number of ether oxygens (including phenoxy) is 4. The number of hydrogen-bond acceptors (Lipinski definition) is 12. The first kappa shape index (κ1) is 34.2. The number of hydrogen-bond donors (Lipinski definition) is 1. The number of halogens is 3. The summed E-state index contributed by atoms with van der Waals surface area (Å²) >= 11 is 3.55. The second kappa shape index (κ2) is 15.0. The monoisotopic (exact) mass is 777 g/mol. The van der Waals surface area contributed by atoms with Gasteiger partial charge in [-0.1, -0.05) is 0 Å². The normalized spacial score (nSPS) is 11.1. The average molecular weight is 778 g/mol. The van der Waals surface area contributed by atoms with Crippen LogP contribution in [0.5, 0.6) is 23.0 Å². The summed E-state index contributed by atoms with van der Waals surface area (Å²) in [5.41, 5.74) is -0.186. The molecule has 2 heterocycles. The van der Waals surface area contributed by atoms with E-state index in [1.54, 1.807) is 22.6 Å². The van der Waals surface area contributed by atoms with Gasteiger partial charge in [0, 0.05) is 45.0 Å². The van der Waals surface area contributed by atoms with Crippen molar-refractivity contribution in [3.05, 3.63) is 33.8 Å². The number of aliphatic carboxylic acids is 1. The van der Waals surface area contributed by atoms with Crippen LogP contribution in [0, 0.1) is 11.6 Å². The van der Waals surface area contributed by atoms with Crippen molar-refractivity contribution in [1.82, 2.24) is 14.9 Å². The third kappa shape index (κ3) is 7.93. The molecule has 0 aliphatic carbocycles. The van der Waals surface area contributed by atoms with Gasteiger partial charge in [0.05, 0.1) is 43.3 Å². The van der Waals surface area contributed by atoms with Crippen molar-refractivity contribution in [3.8, 4) is 23.0 Å². The van der Waals surface area contributed by atoms with Gasteiger partial charge in [-0.3, -0.25) is 19.2 Å². The molecule has 2 aromatic carbocycles. The number of rotatable bonds is 16. The quantitative estimate of drug-likeness (QED) is 0.0662. The number of amides is 1. The van der Waals surface area contributed by atoms with Crippen LogP contribution >= 0.6 is 45.3 Å². The molecule has 1 N–H and O–H groups in total. The first-order valence-corrected chi connectivity index (χ1v) is 15.9. The summed E-state index contributed by atoms with van der Waals surface area (Å²) in [7, 11) is 4.19. The Morgan fingerprint density at radius 3 is 1.87 bits per heavy atom. The minimum atomic E-state index is -1.13. The molecule has 4 aromatic rings. The van der Waals surface area contributed by atoms with Crippen LogP contribution in [0.1, 0.15) is 45.3 Å². The number of methoxy groups -OCH3 is 2. The molecule has 0 saturated heterocycles. The Labute approximate surface area is 276 Å². The molecule has 0 aliphatic rings. The second-order valence-electron chi connectivity index (χ2n) is 9.37. The fourth-order valence-electron chi connectivity index (χ4n) is 4.01. The zero-order valence-electron chi connectivity index (χ0n) is 24.1. The standard InChI is InChI=1S/C28H26F2IN3O9S2/c1-34(8-7-18(31)36)28(39)27-33-23-17(45-27)12-15(41-3)25(21(23)30)43-10-4-9-42-24-14(40-2)11-16-22(20(24)29)32-26(44-16)13(35)5-6-19(37)38/h11-12H,4-10H2,1-3H3,(H,37,38). The Kier molecular flexibility index (Phi) is 11.4. The predicted octanol–water partition coefficient (Wildman–Crippen LogP) is 5.52. The third-order valence-corrected chi connectivity index (χ3v) is 8.87. The second-order valence-corrected chi connectivity index (χ2v) is 12.6. The Balaban J connectivity index is 1.43. The number of nitrogens with zero attached hydrogens (tertiary/aromatic N) is 3. The van der Waals surface area contributed by atoms with Crippen LogP contribution in [0.15, 0.2) is 12.1 Å². The molecule has 4 rings (SSSR count). The van der Waals surface area contributed by atoms with Gasteiger partial charge in [0.1, 0.15) is 11.0 Å². The van der Waals surface area contributed by atoms with E-state index in [0.717, 1.165) is 22.7 Å². The van der Waals surface area contributed by atoms with E-state index in [-0.39, 0.29) is 93.3 Å². The lowest BCUT2D eigenvalue weighted by Gasteiger charge is -2.14. The Bertz CT molecular complexity index is 1780. The first-order chi connectivity index (χ1) is 21.4. The number of benzene rings is 2. The van der Waals surface area contributed by atoms with E-state index in [1.165, 1.54) is 38.3 Å². The van der Waals surface area contributed by atoms with Crippen LogP contribution in [0.2, 0.25) is 0 Å². The van der Waals surface area contributed by atoms with E-state index in [1.807, 2.05) is 0 Å². The maximum atomic E-state index is 15.5. The highest BCUT2D eigenvalue weighted by Crippen LogP contribution is 2.40. The van der Waals surface area contributed by atoms with Crippen LogP contribution in [0.25, 0.3) is 20.4 Å². The van der Waals surface area contributed by atoms with E-state index in [0.29, 0.717) is 9.40 Å². The molecule has 12 nitrogen and oxygen atoms in total. The van der Waals surface area contributed by atoms with Gasteiger partial charge in [0.2, 0.25) is 0 Å². The lowest BCUT2D eigenvalue weighted by atomic mass is 10.2. The van der Waals surface area contributed by atoms with Crippen LogP contribution < -0.4 is 18.9 Å². The van der Waals surface area contributed by atoms with Gasteiger partial charge in [-0.05, 0) is 22.6 Å². The molecule has 45 heavy (non-hydrogen) atoms. The summed E-state index contributed by atoms with van der Waals surface area (Å²) in [6, 6.07) is 2.98. The molecule has 0 aliphatic heterocycles. The summed E-state index contributed by atoms with van der Waals surface area (Å²) in [5, 5.41) is 8.83. The first-order valence-electron chi connectivity index (χ1n) is 13.2. The largest absolute Gasteiger partial charge is 0.493 e. The minimum Gasteiger partial charge on any atom is -0.493 e. The highest BCUT2D eigenvalue weighted by atomic mass is 127. The Hall–Kier alpha value is -3.71. The summed E-state index contributed by atoms with van der Waals surface area (Å²) in [6.45, 7) is 0.0648. The number of carboxylic acid groups (broad SMARTS) is 1. The smallest absolute Gasteiger partial charge is 0.303 e. The lowest BCUT2D eigenvalue weighted by Crippen LogP contribution is -2.28. The van der Waals surface area contributed by atoms with Crippen molar-refractivity contribution < 1.29 is 52.0 Å². The van der Waals surface area contributed by atoms with Gasteiger partial charge < -0.3 is 29.0 Å². The number of carbonyl (C=O) groups excluding carboxylic acids is 3. The number of carbonyl (C=O) groups is 4. The van der Waals surface area contributed by atoms with Crippen molar-refractivity contribution in [2.75, 3.05) is 41.0 Å². The molecule has 240 valence electrons. The van der Waals surface area contributed by atoms with Crippen molar-refractivity contribution in [3.63, 3.8) is 0 Å². The van der Waals surface area contributed by atoms with Crippen LogP contribution in [-0.4, -0.2) is 82.4 Å². The van der Waals surface area contributed by atoms with Gasteiger partial charge in [-0.25, -0.2) is 18.7 Å². The van der Waals surface area contributed by atoms with Crippen molar-refractivity contribution in [2.24, 2.45) is 0 Å². The molecule has 1 amide bonds. The molecule has 17 heteroatoms. The van der Waals surface area contributed by atoms with Gasteiger partial charge in [-0.2, -0.15) is 0 Å². The van der Waals surface area contributed by atoms with Gasteiger partial charge in [-0.15, -0.1) is 22.7 Å². The molecule has 0 unspecified atom stereocenters. The van der Waals surface area contributed by atoms with E-state index >= 15 is 8.78 Å². The zero-order chi connectivity index (χ0) is 32.8.